The molecule has 0 atom stereocenters. The van der Waals surface area contributed by atoms with E-state index in [-0.39, 0.29) is 0 Å². The van der Waals surface area contributed by atoms with Crippen molar-refractivity contribution in [1.29, 1.82) is 0 Å². The molecule has 0 heterocycles. The molecule has 18 heavy (non-hydrogen) atoms. The van der Waals surface area contributed by atoms with Gasteiger partial charge in [0.25, 0.3) is 0 Å². The molecular formula is C16H34N2. The molecule has 1 saturated carbocycles. The highest BCUT2D eigenvalue weighted by Gasteiger charge is 2.38. The lowest BCUT2D eigenvalue weighted by Gasteiger charge is -2.48. The Morgan fingerprint density at radius 3 is 1.83 bits per heavy atom. The first-order valence-corrected chi connectivity index (χ1v) is 7.84. The van der Waals surface area contributed by atoms with Crippen LogP contribution in [0.2, 0.25) is 0 Å². The Balaban J connectivity index is 2.78. The molecular weight excluding hydrogens is 220 g/mol. The van der Waals surface area contributed by atoms with Crippen molar-refractivity contribution in [1.82, 2.24) is 4.90 Å². The second-order valence-corrected chi connectivity index (χ2v) is 7.30. The fourth-order valence-corrected chi connectivity index (χ4v) is 3.29. The van der Waals surface area contributed by atoms with Crippen LogP contribution in [0.4, 0.5) is 0 Å². The first-order valence-electron chi connectivity index (χ1n) is 7.84. The molecule has 0 amide bonds. The normalized spacial score (nSPS) is 29.5. The molecule has 0 aromatic heterocycles. The van der Waals surface area contributed by atoms with E-state index in [1.54, 1.807) is 0 Å². The number of rotatable bonds is 6. The van der Waals surface area contributed by atoms with Gasteiger partial charge in [0.05, 0.1) is 0 Å². The zero-order valence-electron chi connectivity index (χ0n) is 13.2. The summed E-state index contributed by atoms with van der Waals surface area (Å²) in [5, 5.41) is 0. The predicted molar refractivity (Wildman–Crippen MR) is 80.7 cm³/mol. The van der Waals surface area contributed by atoms with Gasteiger partial charge in [-0.15, -0.1) is 0 Å². The minimum Gasteiger partial charge on any atom is -0.329 e. The van der Waals surface area contributed by atoms with Crippen LogP contribution in [0.3, 0.4) is 0 Å². The predicted octanol–water partition coefficient (Wildman–Crippen LogP) is 3.51. The summed E-state index contributed by atoms with van der Waals surface area (Å²) in [6.07, 6.45) is 5.29. The summed E-state index contributed by atoms with van der Waals surface area (Å²) in [4.78, 5) is 2.72. The lowest BCUT2D eigenvalue weighted by atomic mass is 9.75. The minimum absolute atomic E-state index is 0.293. The Kier molecular flexibility index (Phi) is 6.13. The first-order chi connectivity index (χ1) is 8.39. The van der Waals surface area contributed by atoms with Gasteiger partial charge < -0.3 is 5.73 Å². The van der Waals surface area contributed by atoms with Gasteiger partial charge in [0.2, 0.25) is 0 Å². The third-order valence-electron chi connectivity index (χ3n) is 4.43. The van der Waals surface area contributed by atoms with E-state index in [0.29, 0.717) is 5.54 Å². The van der Waals surface area contributed by atoms with Gasteiger partial charge in [0, 0.05) is 25.2 Å². The van der Waals surface area contributed by atoms with E-state index < -0.39 is 0 Å². The van der Waals surface area contributed by atoms with Crippen molar-refractivity contribution in [3.8, 4) is 0 Å². The highest BCUT2D eigenvalue weighted by Crippen LogP contribution is 2.36. The van der Waals surface area contributed by atoms with Crippen LogP contribution in [0.5, 0.6) is 0 Å². The van der Waals surface area contributed by atoms with E-state index >= 15 is 0 Å². The topological polar surface area (TPSA) is 29.3 Å². The third kappa shape index (κ3) is 4.24. The SMILES string of the molecule is CC(C)CN(CC(C)C)C1(CN)CCC(C)CC1. The van der Waals surface area contributed by atoms with Gasteiger partial charge in [0.15, 0.2) is 0 Å². The van der Waals surface area contributed by atoms with E-state index in [4.69, 9.17) is 5.73 Å². The van der Waals surface area contributed by atoms with Crippen LogP contribution in [0.1, 0.15) is 60.3 Å². The van der Waals surface area contributed by atoms with Crippen molar-refractivity contribution in [2.75, 3.05) is 19.6 Å². The molecule has 1 aliphatic rings. The molecule has 0 radical (unpaired) electrons. The van der Waals surface area contributed by atoms with Crippen LogP contribution >= 0.6 is 0 Å². The smallest absolute Gasteiger partial charge is 0.0332 e. The quantitative estimate of drug-likeness (QED) is 0.786. The molecule has 1 aliphatic carbocycles. The maximum atomic E-state index is 6.19. The van der Waals surface area contributed by atoms with Crippen molar-refractivity contribution >= 4 is 0 Å². The molecule has 0 unspecified atom stereocenters. The molecule has 2 N–H and O–H groups in total. The third-order valence-corrected chi connectivity index (χ3v) is 4.43. The lowest BCUT2D eigenvalue weighted by Crippen LogP contribution is -2.57. The summed E-state index contributed by atoms with van der Waals surface area (Å²) in [5.74, 6) is 2.35. The Hall–Kier alpha value is -0.0800. The van der Waals surface area contributed by atoms with Gasteiger partial charge in [0.1, 0.15) is 0 Å². The summed E-state index contributed by atoms with van der Waals surface area (Å²) >= 11 is 0. The maximum absolute atomic E-state index is 6.19. The van der Waals surface area contributed by atoms with Gasteiger partial charge >= 0.3 is 0 Å². The van der Waals surface area contributed by atoms with Crippen molar-refractivity contribution in [2.45, 2.75) is 65.8 Å². The van der Waals surface area contributed by atoms with Crippen molar-refractivity contribution in [3.05, 3.63) is 0 Å². The number of hydrogen-bond donors (Lipinski definition) is 1. The number of hydrogen-bond acceptors (Lipinski definition) is 2. The fourth-order valence-electron chi connectivity index (χ4n) is 3.29. The molecule has 0 aromatic rings. The highest BCUT2D eigenvalue weighted by molar-refractivity contribution is 4.95. The average molecular weight is 254 g/mol. The van der Waals surface area contributed by atoms with Crippen LogP contribution in [0.15, 0.2) is 0 Å². The summed E-state index contributed by atoms with van der Waals surface area (Å²) in [7, 11) is 0. The molecule has 0 spiro atoms. The highest BCUT2D eigenvalue weighted by atomic mass is 15.2. The molecule has 0 aliphatic heterocycles. The molecule has 2 heteroatoms. The van der Waals surface area contributed by atoms with E-state index in [9.17, 15) is 0 Å². The summed E-state index contributed by atoms with van der Waals surface area (Å²) < 4.78 is 0. The second kappa shape index (κ2) is 6.91. The zero-order valence-corrected chi connectivity index (χ0v) is 13.2. The number of nitrogens with zero attached hydrogens (tertiary/aromatic N) is 1. The van der Waals surface area contributed by atoms with Crippen LogP contribution in [-0.4, -0.2) is 30.1 Å². The van der Waals surface area contributed by atoms with E-state index in [1.165, 1.54) is 38.8 Å². The molecule has 0 bridgehead atoms. The minimum atomic E-state index is 0.293. The van der Waals surface area contributed by atoms with Gasteiger partial charge in [-0.1, -0.05) is 34.6 Å². The van der Waals surface area contributed by atoms with Crippen molar-refractivity contribution in [3.63, 3.8) is 0 Å². The average Bonchev–Trinajstić information content (AvgIpc) is 2.28. The van der Waals surface area contributed by atoms with Crippen LogP contribution in [0, 0.1) is 17.8 Å². The number of nitrogens with two attached hydrogens (primary N) is 1. The Morgan fingerprint density at radius 2 is 1.50 bits per heavy atom. The maximum Gasteiger partial charge on any atom is 0.0332 e. The Bertz CT molecular complexity index is 217. The summed E-state index contributed by atoms with van der Waals surface area (Å²) in [6.45, 7) is 14.9. The molecule has 1 fully saturated rings. The molecule has 0 saturated heterocycles. The molecule has 108 valence electrons. The largest absolute Gasteiger partial charge is 0.329 e. The Labute approximate surface area is 114 Å². The van der Waals surface area contributed by atoms with E-state index in [2.05, 4.69) is 39.5 Å². The first kappa shape index (κ1) is 16.0. The second-order valence-electron chi connectivity index (χ2n) is 7.30. The Morgan fingerprint density at radius 1 is 1.06 bits per heavy atom. The summed E-state index contributed by atoms with van der Waals surface area (Å²) in [5.41, 5.74) is 6.49. The molecule has 2 nitrogen and oxygen atoms in total. The van der Waals surface area contributed by atoms with Crippen molar-refractivity contribution < 1.29 is 0 Å². The molecule has 0 aromatic carbocycles. The van der Waals surface area contributed by atoms with Crippen molar-refractivity contribution in [2.24, 2.45) is 23.5 Å². The standard InChI is InChI=1S/C16H34N2/c1-13(2)10-18(11-14(3)4)16(12-17)8-6-15(5)7-9-16/h13-15H,6-12,17H2,1-5H3. The van der Waals surface area contributed by atoms with Gasteiger partial charge in [-0.3, -0.25) is 4.90 Å². The zero-order chi connectivity index (χ0) is 13.8. The summed E-state index contributed by atoms with van der Waals surface area (Å²) in [6, 6.07) is 0. The van der Waals surface area contributed by atoms with Crippen LogP contribution in [-0.2, 0) is 0 Å². The monoisotopic (exact) mass is 254 g/mol. The van der Waals surface area contributed by atoms with E-state index in [1.807, 2.05) is 0 Å². The van der Waals surface area contributed by atoms with Gasteiger partial charge in [-0.2, -0.15) is 0 Å². The van der Waals surface area contributed by atoms with Gasteiger partial charge in [-0.05, 0) is 43.4 Å². The van der Waals surface area contributed by atoms with E-state index in [0.717, 1.165) is 24.3 Å². The van der Waals surface area contributed by atoms with Gasteiger partial charge in [-0.25, -0.2) is 0 Å². The fraction of sp³-hybridized carbons (Fsp3) is 1.00. The molecule has 1 rings (SSSR count). The van der Waals surface area contributed by atoms with Crippen LogP contribution in [0.25, 0.3) is 0 Å². The van der Waals surface area contributed by atoms with Crippen LogP contribution < -0.4 is 5.73 Å². The lowest BCUT2D eigenvalue weighted by molar-refractivity contribution is 0.0262.